The molecule has 0 bridgehead atoms. The number of nitrogens with one attached hydrogen (secondary N) is 1. The van der Waals surface area contributed by atoms with Crippen LogP contribution >= 0.6 is 0 Å². The average molecular weight is 259 g/mol. The molecule has 0 fully saturated rings. The lowest BCUT2D eigenvalue weighted by Gasteiger charge is -2.04. The Kier molecular flexibility index (Phi) is 4.30. The molecule has 1 amide bonds. The van der Waals surface area contributed by atoms with Gasteiger partial charge in [-0.25, -0.2) is 13.6 Å². The highest BCUT2D eigenvalue weighted by Crippen LogP contribution is 2.11. The zero-order valence-electron chi connectivity index (χ0n) is 9.93. The van der Waals surface area contributed by atoms with Gasteiger partial charge in [0.05, 0.1) is 0 Å². The van der Waals surface area contributed by atoms with Gasteiger partial charge in [-0.2, -0.15) is 0 Å². The quantitative estimate of drug-likeness (QED) is 0.740. The van der Waals surface area contributed by atoms with Crippen LogP contribution in [-0.2, 0) is 17.1 Å². The average Bonchev–Trinajstić information content (AvgIpc) is 2.60. The second kappa shape index (κ2) is 5.33. The number of rotatable bonds is 5. The van der Waals surface area contributed by atoms with Crippen LogP contribution in [0.5, 0.6) is 0 Å². The summed E-state index contributed by atoms with van der Waals surface area (Å²) in [5, 5.41) is 7.70. The van der Waals surface area contributed by atoms with Crippen molar-refractivity contribution in [1.82, 2.24) is 9.88 Å². The fourth-order valence-corrected chi connectivity index (χ4v) is 1.97. The summed E-state index contributed by atoms with van der Waals surface area (Å²) in [7, 11) is -2.16. The van der Waals surface area contributed by atoms with Gasteiger partial charge in [0.1, 0.15) is 10.6 Å². The Morgan fingerprint density at radius 1 is 1.53 bits per heavy atom. The molecule has 0 spiro atoms. The predicted molar refractivity (Wildman–Crippen MR) is 64.0 cm³/mol. The molecule has 0 unspecified atom stereocenters. The molecule has 7 heteroatoms. The van der Waals surface area contributed by atoms with Crippen molar-refractivity contribution in [2.45, 2.75) is 24.7 Å². The van der Waals surface area contributed by atoms with E-state index in [0.29, 0.717) is 6.54 Å². The van der Waals surface area contributed by atoms with Crippen LogP contribution in [0.1, 0.15) is 30.3 Å². The molecule has 0 aliphatic carbocycles. The van der Waals surface area contributed by atoms with Gasteiger partial charge >= 0.3 is 0 Å². The van der Waals surface area contributed by atoms with Gasteiger partial charge in [0, 0.05) is 19.8 Å². The number of aryl methyl sites for hydroxylation is 1. The van der Waals surface area contributed by atoms with Crippen LogP contribution < -0.4 is 10.5 Å². The maximum Gasteiger partial charge on any atom is 0.267 e. The number of carbonyl (C=O) groups is 1. The van der Waals surface area contributed by atoms with Crippen molar-refractivity contribution in [3.63, 3.8) is 0 Å². The van der Waals surface area contributed by atoms with Gasteiger partial charge in [0.2, 0.25) is 10.0 Å². The van der Waals surface area contributed by atoms with Crippen LogP contribution in [0.3, 0.4) is 0 Å². The van der Waals surface area contributed by atoms with Gasteiger partial charge in [-0.05, 0) is 12.5 Å². The zero-order chi connectivity index (χ0) is 13.1. The molecule has 1 aromatic rings. The van der Waals surface area contributed by atoms with E-state index in [0.717, 1.165) is 12.8 Å². The van der Waals surface area contributed by atoms with Crippen LogP contribution in [0.4, 0.5) is 0 Å². The van der Waals surface area contributed by atoms with Crippen molar-refractivity contribution < 1.29 is 13.2 Å². The van der Waals surface area contributed by atoms with E-state index in [1.165, 1.54) is 16.8 Å². The lowest BCUT2D eigenvalue weighted by atomic mass is 10.3. The number of unbranched alkanes of at least 4 members (excludes halogenated alkanes) is 1. The molecule has 0 aliphatic heterocycles. The van der Waals surface area contributed by atoms with Crippen LogP contribution in [0.2, 0.25) is 0 Å². The van der Waals surface area contributed by atoms with Crippen molar-refractivity contribution in [1.29, 1.82) is 0 Å². The number of aromatic nitrogens is 1. The highest BCUT2D eigenvalue weighted by Gasteiger charge is 2.16. The maximum atomic E-state index is 11.7. The van der Waals surface area contributed by atoms with E-state index in [2.05, 4.69) is 5.32 Å². The molecule has 0 saturated carbocycles. The molecule has 3 N–H and O–H groups in total. The summed E-state index contributed by atoms with van der Waals surface area (Å²) in [4.78, 5) is 11.7. The molecule has 0 radical (unpaired) electrons. The molecular weight excluding hydrogens is 242 g/mol. The molecular formula is C10H17N3O3S. The van der Waals surface area contributed by atoms with E-state index in [9.17, 15) is 13.2 Å². The fraction of sp³-hybridized carbons (Fsp3) is 0.500. The third-order valence-electron chi connectivity index (χ3n) is 2.36. The third-order valence-corrected chi connectivity index (χ3v) is 3.24. The summed E-state index contributed by atoms with van der Waals surface area (Å²) in [6.45, 7) is 2.60. The molecule has 0 atom stereocenters. The first-order chi connectivity index (χ1) is 7.86. The molecule has 17 heavy (non-hydrogen) atoms. The molecule has 1 heterocycles. The van der Waals surface area contributed by atoms with Crippen molar-refractivity contribution >= 4 is 15.9 Å². The lowest BCUT2D eigenvalue weighted by molar-refractivity contribution is 0.0945. The van der Waals surface area contributed by atoms with E-state index in [1.54, 1.807) is 7.05 Å². The molecule has 6 nitrogen and oxygen atoms in total. The molecule has 0 aliphatic rings. The summed E-state index contributed by atoms with van der Waals surface area (Å²) in [5.74, 6) is -0.296. The van der Waals surface area contributed by atoms with Crippen LogP contribution in [0, 0.1) is 0 Å². The van der Waals surface area contributed by atoms with Crippen LogP contribution in [0.15, 0.2) is 17.2 Å². The summed E-state index contributed by atoms with van der Waals surface area (Å²) in [6.07, 6.45) is 3.19. The van der Waals surface area contributed by atoms with Crippen LogP contribution in [-0.4, -0.2) is 25.4 Å². The van der Waals surface area contributed by atoms with Gasteiger partial charge < -0.3 is 9.88 Å². The van der Waals surface area contributed by atoms with E-state index < -0.39 is 10.0 Å². The Morgan fingerprint density at radius 2 is 2.18 bits per heavy atom. The zero-order valence-corrected chi connectivity index (χ0v) is 10.8. The van der Waals surface area contributed by atoms with Gasteiger partial charge in [-0.1, -0.05) is 13.3 Å². The predicted octanol–water partition coefficient (Wildman–Crippen LogP) is 0.202. The molecule has 1 rings (SSSR count). The standard InChI is InChI=1S/C10H17N3O3S/c1-3-4-5-12-10(14)9-6-8(7-13(9)2)17(11,15)16/h6-7H,3-5H2,1-2H3,(H,12,14)(H2,11,15,16). The summed E-state index contributed by atoms with van der Waals surface area (Å²) in [6, 6.07) is 1.27. The number of hydrogen-bond acceptors (Lipinski definition) is 3. The summed E-state index contributed by atoms with van der Waals surface area (Å²) < 4.78 is 23.7. The molecule has 1 aromatic heterocycles. The van der Waals surface area contributed by atoms with Crippen molar-refractivity contribution in [3.8, 4) is 0 Å². The van der Waals surface area contributed by atoms with Crippen molar-refractivity contribution in [2.24, 2.45) is 12.2 Å². The Balaban J connectivity index is 2.85. The highest BCUT2D eigenvalue weighted by molar-refractivity contribution is 7.89. The van der Waals surface area contributed by atoms with Gasteiger partial charge in [0.25, 0.3) is 5.91 Å². The minimum atomic E-state index is -3.76. The van der Waals surface area contributed by atoms with Gasteiger partial charge in [-0.15, -0.1) is 0 Å². The van der Waals surface area contributed by atoms with Crippen molar-refractivity contribution in [3.05, 3.63) is 18.0 Å². The maximum absolute atomic E-state index is 11.7. The number of nitrogens with two attached hydrogens (primary N) is 1. The third kappa shape index (κ3) is 3.57. The Hall–Kier alpha value is -1.34. The monoisotopic (exact) mass is 259 g/mol. The molecule has 96 valence electrons. The normalized spacial score (nSPS) is 11.5. The first-order valence-electron chi connectivity index (χ1n) is 5.33. The number of amides is 1. The summed E-state index contributed by atoms with van der Waals surface area (Å²) in [5.41, 5.74) is 0.283. The second-order valence-corrected chi connectivity index (χ2v) is 5.39. The van der Waals surface area contributed by atoms with E-state index >= 15 is 0 Å². The minimum absolute atomic E-state index is 0.0550. The number of hydrogen-bond donors (Lipinski definition) is 2. The van der Waals surface area contributed by atoms with E-state index in [-0.39, 0.29) is 16.5 Å². The topological polar surface area (TPSA) is 94.2 Å². The number of carbonyl (C=O) groups excluding carboxylic acids is 1. The fourth-order valence-electron chi connectivity index (χ4n) is 1.38. The minimum Gasteiger partial charge on any atom is -0.351 e. The first kappa shape index (κ1) is 13.7. The lowest BCUT2D eigenvalue weighted by Crippen LogP contribution is -2.26. The molecule has 0 saturated heterocycles. The van der Waals surface area contributed by atoms with Gasteiger partial charge in [0.15, 0.2) is 0 Å². The number of nitrogens with zero attached hydrogens (tertiary/aromatic N) is 1. The Bertz CT molecular complexity index is 505. The largest absolute Gasteiger partial charge is 0.351 e. The Morgan fingerprint density at radius 3 is 2.65 bits per heavy atom. The van der Waals surface area contributed by atoms with Gasteiger partial charge in [-0.3, -0.25) is 4.79 Å². The summed E-state index contributed by atoms with van der Waals surface area (Å²) >= 11 is 0. The highest BCUT2D eigenvalue weighted by atomic mass is 32.2. The SMILES string of the molecule is CCCCNC(=O)c1cc(S(N)(=O)=O)cn1C. The molecule has 0 aromatic carbocycles. The number of primary sulfonamides is 1. The van der Waals surface area contributed by atoms with Crippen molar-refractivity contribution in [2.75, 3.05) is 6.54 Å². The van der Waals surface area contributed by atoms with Crippen LogP contribution in [0.25, 0.3) is 0 Å². The van der Waals surface area contributed by atoms with E-state index in [4.69, 9.17) is 5.14 Å². The van der Waals surface area contributed by atoms with E-state index in [1.807, 2.05) is 6.92 Å². The Labute approximate surface area is 101 Å². The smallest absolute Gasteiger partial charge is 0.267 e. The second-order valence-electron chi connectivity index (χ2n) is 3.83. The first-order valence-corrected chi connectivity index (χ1v) is 6.88. The number of sulfonamides is 1.